The second-order valence-electron chi connectivity index (χ2n) is 7.00. The van der Waals surface area contributed by atoms with Gasteiger partial charge in [0.1, 0.15) is 0 Å². The van der Waals surface area contributed by atoms with Gasteiger partial charge in [0, 0.05) is 5.41 Å². The third-order valence-corrected chi connectivity index (χ3v) is 7.61. The van der Waals surface area contributed by atoms with Gasteiger partial charge >= 0.3 is 0 Å². The van der Waals surface area contributed by atoms with E-state index in [-0.39, 0.29) is 5.41 Å². The molecule has 0 radical (unpaired) electrons. The summed E-state index contributed by atoms with van der Waals surface area (Å²) in [6, 6.07) is 18.9. The fraction of sp³-hybridized carbons (Fsp3) is 0.273. The van der Waals surface area contributed by atoms with E-state index in [4.69, 9.17) is 0 Å². The highest BCUT2D eigenvalue weighted by atomic mass is 31.0. The molecule has 122 valence electrons. The zero-order valence-corrected chi connectivity index (χ0v) is 16.4. The van der Waals surface area contributed by atoms with Crippen LogP contribution in [0.25, 0.3) is 21.0 Å². The normalized spacial score (nSPS) is 14.9. The average Bonchev–Trinajstić information content (AvgIpc) is 3.26. The van der Waals surface area contributed by atoms with Crippen LogP contribution in [-0.2, 0) is 5.41 Å². The van der Waals surface area contributed by atoms with Crippen LogP contribution in [0.4, 0.5) is 0 Å². The van der Waals surface area contributed by atoms with Crippen molar-refractivity contribution in [2.24, 2.45) is 0 Å². The Morgan fingerprint density at radius 3 is 1.83 bits per heavy atom. The highest BCUT2D eigenvalue weighted by Crippen LogP contribution is 2.41. The van der Waals surface area contributed by atoms with Crippen LogP contribution in [0.2, 0.25) is 0 Å². The summed E-state index contributed by atoms with van der Waals surface area (Å²) < 4.78 is 0. The standard InChI is InChI=1S/C22H24P2/c1-3-4-11-22(2,18-5-7-20-16(14-18)9-12-23-20)19-6-8-21-17(15-19)10-13-24-21/h5-10,12-15,23-24H,3-4,11H2,1-2H3. The lowest BCUT2D eigenvalue weighted by Crippen LogP contribution is -2.23. The molecule has 0 nitrogen and oxygen atoms in total. The molecule has 0 saturated heterocycles. The summed E-state index contributed by atoms with van der Waals surface area (Å²) in [5.74, 6) is 4.61. The number of benzene rings is 2. The predicted octanol–water partition coefficient (Wildman–Crippen LogP) is 7.55. The maximum Gasteiger partial charge on any atom is 0.0175 e. The third kappa shape index (κ3) is 2.73. The molecular formula is C22H24P2. The second kappa shape index (κ2) is 6.44. The summed E-state index contributed by atoms with van der Waals surface area (Å²) in [6.45, 7) is 4.73. The van der Waals surface area contributed by atoms with Gasteiger partial charge in [0.25, 0.3) is 0 Å². The fourth-order valence-electron chi connectivity index (χ4n) is 3.78. The van der Waals surface area contributed by atoms with Gasteiger partial charge in [-0.1, -0.05) is 63.1 Å². The predicted molar refractivity (Wildman–Crippen MR) is 113 cm³/mol. The van der Waals surface area contributed by atoms with Crippen molar-refractivity contribution >= 4 is 37.4 Å². The van der Waals surface area contributed by atoms with Gasteiger partial charge in [-0.05, 0) is 62.3 Å². The highest BCUT2D eigenvalue weighted by Gasteiger charge is 2.28. The van der Waals surface area contributed by atoms with Crippen LogP contribution in [0, 0.1) is 0 Å². The molecule has 2 heterocycles. The van der Waals surface area contributed by atoms with Gasteiger partial charge in [0.2, 0.25) is 0 Å². The van der Waals surface area contributed by atoms with Crippen LogP contribution in [0.5, 0.6) is 0 Å². The monoisotopic (exact) mass is 350 g/mol. The van der Waals surface area contributed by atoms with E-state index in [0.29, 0.717) is 0 Å². The first-order valence-corrected chi connectivity index (χ1v) is 11.0. The molecule has 2 aromatic heterocycles. The van der Waals surface area contributed by atoms with Crippen molar-refractivity contribution in [2.45, 2.75) is 38.5 Å². The van der Waals surface area contributed by atoms with Crippen molar-refractivity contribution in [3.05, 3.63) is 71.3 Å². The molecule has 24 heavy (non-hydrogen) atoms. The third-order valence-electron chi connectivity index (χ3n) is 5.41. The van der Waals surface area contributed by atoms with E-state index in [1.54, 1.807) is 0 Å². The van der Waals surface area contributed by atoms with Crippen LogP contribution in [-0.4, -0.2) is 0 Å². The van der Waals surface area contributed by atoms with Crippen LogP contribution < -0.4 is 0 Å². The summed E-state index contributed by atoms with van der Waals surface area (Å²) >= 11 is 0. The summed E-state index contributed by atoms with van der Waals surface area (Å²) in [5, 5.41) is 5.84. The topological polar surface area (TPSA) is 0 Å². The number of fused-ring (bicyclic) bond motifs is 2. The van der Waals surface area contributed by atoms with Crippen LogP contribution in [0.1, 0.15) is 44.2 Å². The summed E-state index contributed by atoms with van der Waals surface area (Å²) in [5.41, 5.74) is 3.03. The first-order valence-electron chi connectivity index (χ1n) is 8.86. The molecule has 2 heteroatoms. The van der Waals surface area contributed by atoms with Gasteiger partial charge in [-0.25, -0.2) is 0 Å². The highest BCUT2D eigenvalue weighted by molar-refractivity contribution is 7.36. The van der Waals surface area contributed by atoms with Crippen LogP contribution in [0.3, 0.4) is 0 Å². The van der Waals surface area contributed by atoms with Crippen molar-refractivity contribution in [3.63, 3.8) is 0 Å². The summed E-state index contributed by atoms with van der Waals surface area (Å²) in [4.78, 5) is 0. The SMILES string of the molecule is CCCCC(C)(c1ccc2[pH]ccc2c1)c1ccc2[pH]ccc2c1. The molecule has 2 atom stereocenters. The van der Waals surface area contributed by atoms with Gasteiger partial charge in [-0.3, -0.25) is 0 Å². The van der Waals surface area contributed by atoms with Gasteiger partial charge in [-0.2, -0.15) is 0 Å². The van der Waals surface area contributed by atoms with E-state index in [9.17, 15) is 0 Å². The summed E-state index contributed by atoms with van der Waals surface area (Å²) in [7, 11) is 1.69. The quantitative estimate of drug-likeness (QED) is 0.348. The molecule has 4 rings (SSSR count). The lowest BCUT2D eigenvalue weighted by molar-refractivity contribution is 0.494. The molecule has 0 saturated carbocycles. The Hall–Kier alpha value is -1.48. The molecule has 0 bridgehead atoms. The van der Waals surface area contributed by atoms with Crippen molar-refractivity contribution in [3.8, 4) is 0 Å². The molecule has 0 aliphatic carbocycles. The zero-order chi connectivity index (χ0) is 16.6. The molecule has 0 fully saturated rings. The molecule has 2 unspecified atom stereocenters. The first-order chi connectivity index (χ1) is 11.7. The second-order valence-corrected chi connectivity index (χ2v) is 9.32. The van der Waals surface area contributed by atoms with Crippen molar-refractivity contribution < 1.29 is 0 Å². The maximum atomic E-state index is 2.44. The Morgan fingerprint density at radius 1 is 0.792 bits per heavy atom. The molecule has 0 aliphatic rings. The average molecular weight is 350 g/mol. The van der Waals surface area contributed by atoms with Gasteiger partial charge in [-0.15, -0.1) is 16.4 Å². The Labute approximate surface area is 147 Å². The number of rotatable bonds is 5. The summed E-state index contributed by atoms with van der Waals surface area (Å²) in [6.07, 6.45) is 3.72. The van der Waals surface area contributed by atoms with Gasteiger partial charge in [0.15, 0.2) is 0 Å². The molecule has 0 N–H and O–H groups in total. The van der Waals surface area contributed by atoms with Gasteiger partial charge < -0.3 is 0 Å². The Bertz CT molecular complexity index is 900. The minimum Gasteiger partial charge on any atom is -0.132 e. The molecule has 0 aliphatic heterocycles. The lowest BCUT2D eigenvalue weighted by Gasteiger charge is -2.31. The zero-order valence-electron chi connectivity index (χ0n) is 14.4. The Kier molecular flexibility index (Phi) is 4.29. The van der Waals surface area contributed by atoms with E-state index >= 15 is 0 Å². The van der Waals surface area contributed by atoms with Gasteiger partial charge in [0.05, 0.1) is 0 Å². The molecule has 2 aromatic carbocycles. The molecular weight excluding hydrogens is 326 g/mol. The van der Waals surface area contributed by atoms with Crippen LogP contribution >= 0.6 is 16.4 Å². The smallest absolute Gasteiger partial charge is 0.0175 e. The molecule has 4 aromatic rings. The fourth-order valence-corrected chi connectivity index (χ4v) is 5.67. The van der Waals surface area contributed by atoms with E-state index in [2.05, 4.69) is 74.0 Å². The van der Waals surface area contributed by atoms with Crippen molar-refractivity contribution in [1.29, 1.82) is 0 Å². The minimum atomic E-state index is 0.0964. The van der Waals surface area contributed by atoms with E-state index in [1.165, 1.54) is 51.4 Å². The maximum absolute atomic E-state index is 2.44. The Balaban J connectivity index is 1.86. The number of hydrogen-bond acceptors (Lipinski definition) is 0. The van der Waals surface area contributed by atoms with E-state index in [0.717, 1.165) is 16.4 Å². The largest absolute Gasteiger partial charge is 0.132 e. The first kappa shape index (κ1) is 16.0. The minimum absolute atomic E-state index is 0.0964. The van der Waals surface area contributed by atoms with Crippen molar-refractivity contribution in [2.75, 3.05) is 0 Å². The van der Waals surface area contributed by atoms with E-state index < -0.39 is 0 Å². The van der Waals surface area contributed by atoms with E-state index in [1.807, 2.05) is 0 Å². The number of unbranched alkanes of at least 4 members (excludes halogenated alkanes) is 1. The van der Waals surface area contributed by atoms with Crippen molar-refractivity contribution in [1.82, 2.24) is 0 Å². The Morgan fingerprint density at radius 2 is 1.33 bits per heavy atom. The van der Waals surface area contributed by atoms with Crippen LogP contribution in [0.15, 0.2) is 60.1 Å². The molecule has 0 amide bonds. The lowest BCUT2D eigenvalue weighted by atomic mass is 9.72. The molecule has 0 spiro atoms. The number of hydrogen-bond donors (Lipinski definition) is 0.